The van der Waals surface area contributed by atoms with Gasteiger partial charge in [-0.1, -0.05) is 0 Å². The summed E-state index contributed by atoms with van der Waals surface area (Å²) in [5, 5.41) is -0.378. The maximum absolute atomic E-state index is 12.1. The summed E-state index contributed by atoms with van der Waals surface area (Å²) in [6.45, 7) is 7.63. The first-order chi connectivity index (χ1) is 9.30. The summed E-state index contributed by atoms with van der Waals surface area (Å²) in [7, 11) is -3.07. The average molecular weight is 322 g/mol. The molecule has 2 heterocycles. The molecule has 2 aliphatic heterocycles. The second kappa shape index (κ2) is 6.12. The van der Waals surface area contributed by atoms with E-state index in [0.717, 1.165) is 31.8 Å². The summed E-state index contributed by atoms with van der Waals surface area (Å²) in [4.78, 5) is 4.61. The minimum atomic E-state index is -3.07. The Hall–Kier alpha value is 0.180. The van der Waals surface area contributed by atoms with Crippen molar-refractivity contribution < 1.29 is 8.42 Å². The van der Waals surface area contributed by atoms with Crippen molar-refractivity contribution >= 4 is 21.6 Å². The third-order valence-corrected chi connectivity index (χ3v) is 7.30. The van der Waals surface area contributed by atoms with Gasteiger partial charge in [0.1, 0.15) is 5.37 Å². The van der Waals surface area contributed by atoms with Crippen molar-refractivity contribution in [2.75, 3.05) is 43.9 Å². The zero-order chi connectivity index (χ0) is 15.0. The van der Waals surface area contributed by atoms with E-state index in [9.17, 15) is 8.42 Å². The fourth-order valence-electron chi connectivity index (χ4n) is 3.33. The molecule has 0 radical (unpaired) electrons. The Balaban J connectivity index is 2.25. The van der Waals surface area contributed by atoms with Crippen LogP contribution in [0.4, 0.5) is 0 Å². The zero-order valence-electron chi connectivity index (χ0n) is 12.7. The molecule has 7 heteroatoms. The summed E-state index contributed by atoms with van der Waals surface area (Å²) in [6.07, 6.45) is 2.33. The molecule has 20 heavy (non-hydrogen) atoms. The molecular formula is C13H27N3O2S2. The molecule has 0 aromatic heterocycles. The van der Waals surface area contributed by atoms with Crippen LogP contribution in [-0.2, 0) is 9.84 Å². The number of rotatable bonds is 4. The smallest absolute Gasteiger partial charge is 0.164 e. The van der Waals surface area contributed by atoms with Crippen LogP contribution in [0.3, 0.4) is 0 Å². The van der Waals surface area contributed by atoms with Gasteiger partial charge in [0.25, 0.3) is 0 Å². The molecule has 2 unspecified atom stereocenters. The van der Waals surface area contributed by atoms with E-state index < -0.39 is 9.84 Å². The van der Waals surface area contributed by atoms with Crippen LogP contribution in [0, 0.1) is 0 Å². The van der Waals surface area contributed by atoms with Crippen molar-refractivity contribution in [2.45, 2.75) is 37.2 Å². The minimum absolute atomic E-state index is 0.168. The molecule has 0 aliphatic carbocycles. The molecule has 5 nitrogen and oxygen atoms in total. The van der Waals surface area contributed by atoms with Gasteiger partial charge in [-0.25, -0.2) is 8.42 Å². The van der Waals surface area contributed by atoms with Crippen molar-refractivity contribution in [3.63, 3.8) is 0 Å². The Kier molecular flexibility index (Phi) is 5.07. The maximum atomic E-state index is 12.1. The van der Waals surface area contributed by atoms with Crippen LogP contribution >= 0.6 is 11.8 Å². The molecule has 2 rings (SSSR count). The fourth-order valence-corrected chi connectivity index (χ4v) is 6.27. The lowest BCUT2D eigenvalue weighted by Gasteiger charge is -2.46. The van der Waals surface area contributed by atoms with Gasteiger partial charge in [-0.2, -0.15) is 11.8 Å². The molecule has 0 bridgehead atoms. The van der Waals surface area contributed by atoms with Gasteiger partial charge in [-0.15, -0.1) is 0 Å². The van der Waals surface area contributed by atoms with Crippen molar-refractivity contribution in [3.05, 3.63) is 0 Å². The molecule has 2 saturated heterocycles. The lowest BCUT2D eigenvalue weighted by molar-refractivity contribution is 0.0900. The molecule has 118 valence electrons. The standard InChI is InChI=1S/C13H27N3O2S2/c1-11(2)15-5-4-13(9-14,10-15)16-6-7-19-8-12(16)20(3,17)18/h11-12H,4-10,14H2,1-3H3. The highest BCUT2D eigenvalue weighted by Crippen LogP contribution is 2.34. The Bertz CT molecular complexity index is 441. The number of nitrogens with two attached hydrogens (primary N) is 1. The highest BCUT2D eigenvalue weighted by molar-refractivity contribution is 8.00. The predicted molar refractivity (Wildman–Crippen MR) is 85.8 cm³/mol. The van der Waals surface area contributed by atoms with Crippen molar-refractivity contribution in [2.24, 2.45) is 5.73 Å². The summed E-state index contributed by atoms with van der Waals surface area (Å²) in [5.74, 6) is 1.66. The van der Waals surface area contributed by atoms with Crippen LogP contribution in [0.5, 0.6) is 0 Å². The second-order valence-corrected chi connectivity index (χ2v) is 9.65. The Labute approximate surface area is 127 Å². The fraction of sp³-hybridized carbons (Fsp3) is 1.00. The van der Waals surface area contributed by atoms with Crippen LogP contribution in [0.1, 0.15) is 20.3 Å². The molecule has 2 atom stereocenters. The second-order valence-electron chi connectivity index (χ2n) is 6.30. The van der Waals surface area contributed by atoms with Gasteiger partial charge >= 0.3 is 0 Å². The van der Waals surface area contributed by atoms with Gasteiger partial charge in [-0.3, -0.25) is 9.80 Å². The van der Waals surface area contributed by atoms with Crippen LogP contribution in [-0.4, -0.2) is 79.1 Å². The number of sulfone groups is 1. The molecule has 0 saturated carbocycles. The highest BCUT2D eigenvalue weighted by Gasteiger charge is 2.48. The molecule has 2 fully saturated rings. The van der Waals surface area contributed by atoms with E-state index in [1.165, 1.54) is 6.26 Å². The zero-order valence-corrected chi connectivity index (χ0v) is 14.3. The van der Waals surface area contributed by atoms with Crippen molar-refractivity contribution in [3.8, 4) is 0 Å². The highest BCUT2D eigenvalue weighted by atomic mass is 32.2. The summed E-state index contributed by atoms with van der Waals surface area (Å²) in [6, 6.07) is 0.485. The van der Waals surface area contributed by atoms with E-state index in [0.29, 0.717) is 18.3 Å². The summed E-state index contributed by atoms with van der Waals surface area (Å²) in [5.41, 5.74) is 5.93. The molecule has 0 spiro atoms. The predicted octanol–water partition coefficient (Wildman–Crippen LogP) is 0.218. The van der Waals surface area contributed by atoms with E-state index in [2.05, 4.69) is 23.6 Å². The number of hydrogen-bond donors (Lipinski definition) is 1. The number of likely N-dealkylation sites (tertiary alicyclic amines) is 1. The van der Waals surface area contributed by atoms with Gasteiger partial charge in [0, 0.05) is 55.5 Å². The van der Waals surface area contributed by atoms with Crippen LogP contribution < -0.4 is 5.73 Å². The first-order valence-electron chi connectivity index (χ1n) is 7.28. The van der Waals surface area contributed by atoms with Gasteiger partial charge in [0.15, 0.2) is 9.84 Å². The van der Waals surface area contributed by atoms with Crippen LogP contribution in [0.25, 0.3) is 0 Å². The number of nitrogens with zero attached hydrogens (tertiary/aromatic N) is 2. The van der Waals surface area contributed by atoms with Crippen LogP contribution in [0.2, 0.25) is 0 Å². The Morgan fingerprint density at radius 1 is 1.40 bits per heavy atom. The lowest BCUT2D eigenvalue weighted by Crippen LogP contribution is -2.63. The number of thioether (sulfide) groups is 1. The lowest BCUT2D eigenvalue weighted by atomic mass is 9.96. The largest absolute Gasteiger partial charge is 0.329 e. The monoisotopic (exact) mass is 321 g/mol. The van der Waals surface area contributed by atoms with Crippen LogP contribution in [0.15, 0.2) is 0 Å². The Morgan fingerprint density at radius 2 is 2.10 bits per heavy atom. The summed E-state index contributed by atoms with van der Waals surface area (Å²) < 4.78 is 24.2. The first kappa shape index (κ1) is 16.5. The SMILES string of the molecule is CC(C)N1CCC(CN)(N2CCSCC2S(C)(=O)=O)C1. The topological polar surface area (TPSA) is 66.6 Å². The van der Waals surface area contributed by atoms with Gasteiger partial charge in [-0.05, 0) is 20.3 Å². The maximum Gasteiger partial charge on any atom is 0.164 e. The van der Waals surface area contributed by atoms with E-state index in [1.54, 1.807) is 11.8 Å². The van der Waals surface area contributed by atoms with Crippen molar-refractivity contribution in [1.82, 2.24) is 9.80 Å². The number of hydrogen-bond acceptors (Lipinski definition) is 6. The first-order valence-corrected chi connectivity index (χ1v) is 10.4. The van der Waals surface area contributed by atoms with Gasteiger partial charge in [0.2, 0.25) is 0 Å². The van der Waals surface area contributed by atoms with Gasteiger partial charge in [0.05, 0.1) is 0 Å². The minimum Gasteiger partial charge on any atom is -0.329 e. The normalized spacial score (nSPS) is 34.0. The molecule has 2 N–H and O–H groups in total. The van der Waals surface area contributed by atoms with E-state index in [1.807, 2.05) is 0 Å². The third kappa shape index (κ3) is 3.16. The summed E-state index contributed by atoms with van der Waals surface area (Å²) >= 11 is 1.73. The Morgan fingerprint density at radius 3 is 2.60 bits per heavy atom. The molecular weight excluding hydrogens is 294 g/mol. The van der Waals surface area contributed by atoms with E-state index in [4.69, 9.17) is 5.73 Å². The van der Waals surface area contributed by atoms with E-state index >= 15 is 0 Å². The third-order valence-electron chi connectivity index (χ3n) is 4.66. The molecule has 0 aromatic carbocycles. The quantitative estimate of drug-likeness (QED) is 0.799. The molecule has 0 aromatic rings. The van der Waals surface area contributed by atoms with Gasteiger partial charge < -0.3 is 5.73 Å². The molecule has 2 aliphatic rings. The van der Waals surface area contributed by atoms with Crippen molar-refractivity contribution in [1.29, 1.82) is 0 Å². The molecule has 0 amide bonds. The average Bonchev–Trinajstić information content (AvgIpc) is 2.83. The van der Waals surface area contributed by atoms with E-state index in [-0.39, 0.29) is 10.9 Å².